The van der Waals surface area contributed by atoms with Gasteiger partial charge in [0.05, 0.1) is 0 Å². The van der Waals surface area contributed by atoms with Gasteiger partial charge in [0.25, 0.3) is 0 Å². The Hall–Kier alpha value is -2.43. The Balaban J connectivity index is 2.17. The second-order valence-corrected chi connectivity index (χ2v) is 6.79. The highest BCUT2D eigenvalue weighted by molar-refractivity contribution is 5.89. The summed E-state index contributed by atoms with van der Waals surface area (Å²) in [5.74, 6) is 0.725. The third kappa shape index (κ3) is 4.06. The minimum absolute atomic E-state index is 0.0563. The van der Waals surface area contributed by atoms with Crippen molar-refractivity contribution in [2.45, 2.75) is 33.1 Å². The van der Waals surface area contributed by atoms with Gasteiger partial charge in [-0.05, 0) is 41.7 Å². The fraction of sp³-hybridized carbons (Fsp3) is 0.389. The van der Waals surface area contributed by atoms with Crippen LogP contribution in [0.25, 0.3) is 0 Å². The standard InChI is InChI=1S/C18H23N3O2/c1-12-11-13(18(2,3)4)7-9-15(12)23-17(22)14-8-10-16(20-19-14)21(5)6/h7-11H,1-6H3. The third-order valence-corrected chi connectivity index (χ3v) is 3.56. The van der Waals surface area contributed by atoms with Crippen LogP contribution in [0, 0.1) is 6.92 Å². The van der Waals surface area contributed by atoms with Crippen LogP contribution < -0.4 is 9.64 Å². The number of hydrogen-bond acceptors (Lipinski definition) is 5. The maximum absolute atomic E-state index is 12.2. The number of benzene rings is 1. The topological polar surface area (TPSA) is 55.3 Å². The molecular weight excluding hydrogens is 290 g/mol. The smallest absolute Gasteiger partial charge is 0.364 e. The fourth-order valence-corrected chi connectivity index (χ4v) is 2.06. The molecule has 0 saturated carbocycles. The fourth-order valence-electron chi connectivity index (χ4n) is 2.06. The third-order valence-electron chi connectivity index (χ3n) is 3.56. The Bertz CT molecular complexity index is 701. The molecule has 0 N–H and O–H groups in total. The second-order valence-electron chi connectivity index (χ2n) is 6.79. The van der Waals surface area contributed by atoms with Crippen molar-refractivity contribution >= 4 is 11.8 Å². The van der Waals surface area contributed by atoms with Gasteiger partial charge in [-0.2, -0.15) is 0 Å². The first kappa shape index (κ1) is 16.9. The summed E-state index contributed by atoms with van der Waals surface area (Å²) in [6.45, 7) is 8.37. The average Bonchev–Trinajstić information content (AvgIpc) is 2.48. The molecule has 0 atom stereocenters. The van der Waals surface area contributed by atoms with E-state index in [1.54, 1.807) is 12.1 Å². The van der Waals surface area contributed by atoms with Crippen LogP contribution in [-0.4, -0.2) is 30.3 Å². The SMILES string of the molecule is Cc1cc(C(C)(C)C)ccc1OC(=O)c1ccc(N(C)C)nn1. The summed E-state index contributed by atoms with van der Waals surface area (Å²) in [5.41, 5.74) is 2.37. The van der Waals surface area contributed by atoms with Gasteiger partial charge in [-0.15, -0.1) is 10.2 Å². The highest BCUT2D eigenvalue weighted by Crippen LogP contribution is 2.27. The minimum Gasteiger partial charge on any atom is -0.421 e. The van der Waals surface area contributed by atoms with E-state index in [-0.39, 0.29) is 11.1 Å². The van der Waals surface area contributed by atoms with Crippen LogP contribution in [0.5, 0.6) is 5.75 Å². The number of hydrogen-bond donors (Lipinski definition) is 0. The lowest BCUT2D eigenvalue weighted by Crippen LogP contribution is -2.16. The van der Waals surface area contributed by atoms with Crippen molar-refractivity contribution in [3.8, 4) is 5.75 Å². The summed E-state index contributed by atoms with van der Waals surface area (Å²) in [5, 5.41) is 7.90. The Morgan fingerprint density at radius 2 is 1.78 bits per heavy atom. The molecule has 1 aromatic carbocycles. The molecule has 5 heteroatoms. The first-order chi connectivity index (χ1) is 10.7. The van der Waals surface area contributed by atoms with Gasteiger partial charge >= 0.3 is 5.97 Å². The number of nitrogens with zero attached hydrogens (tertiary/aromatic N) is 3. The average molecular weight is 313 g/mol. The van der Waals surface area contributed by atoms with Crippen LogP contribution in [0.1, 0.15) is 42.4 Å². The summed E-state index contributed by atoms with van der Waals surface area (Å²) in [4.78, 5) is 14.0. The number of esters is 1. The number of ether oxygens (including phenoxy) is 1. The molecule has 23 heavy (non-hydrogen) atoms. The summed E-state index contributed by atoms with van der Waals surface area (Å²) in [7, 11) is 3.73. The van der Waals surface area contributed by atoms with E-state index in [0.717, 1.165) is 5.56 Å². The van der Waals surface area contributed by atoms with Gasteiger partial charge in [-0.1, -0.05) is 32.9 Å². The molecule has 0 saturated heterocycles. The van der Waals surface area contributed by atoms with Gasteiger partial charge < -0.3 is 9.64 Å². The zero-order valence-electron chi connectivity index (χ0n) is 14.5. The molecule has 0 amide bonds. The predicted molar refractivity (Wildman–Crippen MR) is 91.2 cm³/mol. The highest BCUT2D eigenvalue weighted by atomic mass is 16.5. The van der Waals surface area contributed by atoms with Gasteiger partial charge in [-0.3, -0.25) is 0 Å². The van der Waals surface area contributed by atoms with Gasteiger partial charge in [0, 0.05) is 14.1 Å². The van der Waals surface area contributed by atoms with Crippen molar-refractivity contribution in [1.82, 2.24) is 10.2 Å². The lowest BCUT2D eigenvalue weighted by atomic mass is 9.86. The van der Waals surface area contributed by atoms with Crippen LogP contribution in [0.4, 0.5) is 5.82 Å². The van der Waals surface area contributed by atoms with Crippen LogP contribution in [0.3, 0.4) is 0 Å². The van der Waals surface area contributed by atoms with Crippen LogP contribution in [-0.2, 0) is 5.41 Å². The zero-order valence-corrected chi connectivity index (χ0v) is 14.5. The number of aryl methyl sites for hydroxylation is 1. The molecular formula is C18H23N3O2. The van der Waals surface area contributed by atoms with E-state index in [9.17, 15) is 4.79 Å². The van der Waals surface area contributed by atoms with E-state index in [2.05, 4.69) is 31.0 Å². The molecule has 0 bridgehead atoms. The molecule has 0 fully saturated rings. The Morgan fingerprint density at radius 3 is 2.26 bits per heavy atom. The van der Waals surface area contributed by atoms with Crippen molar-refractivity contribution in [2.75, 3.05) is 19.0 Å². The second kappa shape index (κ2) is 6.36. The Morgan fingerprint density at radius 1 is 1.09 bits per heavy atom. The largest absolute Gasteiger partial charge is 0.421 e. The molecule has 1 aromatic heterocycles. The van der Waals surface area contributed by atoms with E-state index in [1.807, 2.05) is 44.1 Å². The number of carbonyl (C=O) groups is 1. The van der Waals surface area contributed by atoms with Crippen molar-refractivity contribution in [3.63, 3.8) is 0 Å². The van der Waals surface area contributed by atoms with Crippen molar-refractivity contribution in [1.29, 1.82) is 0 Å². The first-order valence-electron chi connectivity index (χ1n) is 7.53. The number of carbonyl (C=O) groups excluding carboxylic acids is 1. The van der Waals surface area contributed by atoms with Crippen LogP contribution in [0.15, 0.2) is 30.3 Å². The lowest BCUT2D eigenvalue weighted by Gasteiger charge is -2.20. The molecule has 122 valence electrons. The maximum Gasteiger partial charge on any atom is 0.364 e. The quantitative estimate of drug-likeness (QED) is 0.642. The molecule has 2 rings (SSSR count). The molecule has 2 aromatic rings. The van der Waals surface area contributed by atoms with Crippen molar-refractivity contribution in [2.24, 2.45) is 0 Å². The number of rotatable bonds is 3. The molecule has 0 spiro atoms. The van der Waals surface area contributed by atoms with Gasteiger partial charge in [0.15, 0.2) is 11.5 Å². The molecule has 0 aliphatic rings. The van der Waals surface area contributed by atoms with Crippen molar-refractivity contribution in [3.05, 3.63) is 47.2 Å². The Labute approximate surface area is 137 Å². The molecule has 5 nitrogen and oxygen atoms in total. The van der Waals surface area contributed by atoms with E-state index in [4.69, 9.17) is 4.74 Å². The lowest BCUT2D eigenvalue weighted by molar-refractivity contribution is 0.0726. The predicted octanol–water partition coefficient (Wildman–Crippen LogP) is 3.37. The van der Waals surface area contributed by atoms with Gasteiger partial charge in [0.1, 0.15) is 5.75 Å². The number of aromatic nitrogens is 2. The first-order valence-corrected chi connectivity index (χ1v) is 7.53. The molecule has 1 heterocycles. The molecule has 0 unspecified atom stereocenters. The highest BCUT2D eigenvalue weighted by Gasteiger charge is 2.17. The molecule has 0 aliphatic carbocycles. The van der Waals surface area contributed by atoms with Gasteiger partial charge in [-0.25, -0.2) is 4.79 Å². The summed E-state index contributed by atoms with van der Waals surface area (Å²) in [6.07, 6.45) is 0. The van der Waals surface area contributed by atoms with Gasteiger partial charge in [0.2, 0.25) is 0 Å². The number of anilines is 1. The van der Waals surface area contributed by atoms with Crippen molar-refractivity contribution < 1.29 is 9.53 Å². The minimum atomic E-state index is -0.505. The molecule has 0 radical (unpaired) electrons. The maximum atomic E-state index is 12.2. The van der Waals surface area contributed by atoms with E-state index < -0.39 is 5.97 Å². The van der Waals surface area contributed by atoms with E-state index in [0.29, 0.717) is 11.6 Å². The monoisotopic (exact) mass is 313 g/mol. The zero-order chi connectivity index (χ0) is 17.2. The summed E-state index contributed by atoms with van der Waals surface area (Å²) >= 11 is 0. The normalized spacial score (nSPS) is 11.2. The van der Waals surface area contributed by atoms with E-state index in [1.165, 1.54) is 5.56 Å². The molecule has 0 aliphatic heterocycles. The Kier molecular flexibility index (Phi) is 4.68. The summed E-state index contributed by atoms with van der Waals surface area (Å²) < 4.78 is 5.44. The summed E-state index contributed by atoms with van der Waals surface area (Å²) in [6, 6.07) is 9.21. The van der Waals surface area contributed by atoms with Crippen LogP contribution in [0.2, 0.25) is 0 Å². The van der Waals surface area contributed by atoms with Crippen LogP contribution >= 0.6 is 0 Å². The van der Waals surface area contributed by atoms with E-state index >= 15 is 0 Å².